The monoisotopic (exact) mass is 328 g/mol. The quantitative estimate of drug-likeness (QED) is 0.811. The zero-order chi connectivity index (χ0) is 17.5. The number of imide groups is 1. The predicted molar refractivity (Wildman–Crippen MR) is 84.5 cm³/mol. The van der Waals surface area contributed by atoms with Crippen molar-refractivity contribution in [1.29, 1.82) is 0 Å². The van der Waals surface area contributed by atoms with E-state index in [0.717, 1.165) is 11.4 Å². The van der Waals surface area contributed by atoms with Gasteiger partial charge in [-0.3, -0.25) is 19.8 Å². The summed E-state index contributed by atoms with van der Waals surface area (Å²) in [4.78, 5) is 38.3. The summed E-state index contributed by atoms with van der Waals surface area (Å²) in [6, 6.07) is 5.66. The van der Waals surface area contributed by atoms with Crippen LogP contribution in [0.2, 0.25) is 0 Å². The lowest BCUT2D eigenvalue weighted by atomic mass is 9.71. The second kappa shape index (κ2) is 4.18. The number of phenols is 1. The summed E-state index contributed by atoms with van der Waals surface area (Å²) < 4.78 is 0. The number of hydrogen-bond acceptors (Lipinski definition) is 4. The first-order chi connectivity index (χ1) is 11.2. The molecule has 6 nitrogen and oxygen atoms in total. The van der Waals surface area contributed by atoms with Gasteiger partial charge in [-0.1, -0.05) is 13.8 Å². The molecule has 3 aliphatic rings. The van der Waals surface area contributed by atoms with Gasteiger partial charge in [0.25, 0.3) is 17.7 Å². The maximum atomic E-state index is 13.1. The van der Waals surface area contributed by atoms with Crippen molar-refractivity contribution in [1.82, 2.24) is 10.4 Å². The molecule has 24 heavy (non-hydrogen) atoms. The average molecular weight is 328 g/mol. The zero-order valence-electron chi connectivity index (χ0n) is 13.9. The van der Waals surface area contributed by atoms with E-state index in [1.54, 1.807) is 0 Å². The van der Waals surface area contributed by atoms with Crippen molar-refractivity contribution < 1.29 is 19.5 Å². The van der Waals surface area contributed by atoms with Crippen LogP contribution in [-0.4, -0.2) is 27.8 Å². The number of phenolic OH excluding ortho intramolecular Hbond substituents is 1. The van der Waals surface area contributed by atoms with Gasteiger partial charge in [0.2, 0.25) is 0 Å². The third kappa shape index (κ3) is 1.41. The van der Waals surface area contributed by atoms with Crippen molar-refractivity contribution in [3.63, 3.8) is 0 Å². The van der Waals surface area contributed by atoms with Crippen LogP contribution in [0.1, 0.15) is 44.0 Å². The first-order valence-electron chi connectivity index (χ1n) is 8.17. The second-order valence-electron chi connectivity index (χ2n) is 7.89. The first-order valence-corrected chi connectivity index (χ1v) is 8.17. The summed E-state index contributed by atoms with van der Waals surface area (Å²) in [5.41, 5.74) is 1.11. The number of nitrogens with one attached hydrogen (secondary N) is 1. The number of amides is 3. The molecule has 1 saturated heterocycles. The average Bonchev–Trinajstić information content (AvgIpc) is 2.78. The summed E-state index contributed by atoms with van der Waals surface area (Å²) in [5, 5.41) is 10.2. The standard InChI is InChI=1S/C18H20N2O4/c1-16(2)12-8-9-17(3)14(23)20(15(24)18(12,16)17)19-13(22)10-4-6-11(21)7-5-10/h4-7,12,21H,8-9H2,1-3H3,(H,19,22)/t12-,17-,18+/m0/s1. The van der Waals surface area contributed by atoms with Crippen molar-refractivity contribution in [3.8, 4) is 5.75 Å². The zero-order valence-corrected chi connectivity index (χ0v) is 13.9. The third-order valence-corrected chi connectivity index (χ3v) is 6.69. The van der Waals surface area contributed by atoms with E-state index in [2.05, 4.69) is 5.43 Å². The van der Waals surface area contributed by atoms with Crippen LogP contribution in [0.3, 0.4) is 0 Å². The van der Waals surface area contributed by atoms with Crippen LogP contribution < -0.4 is 5.43 Å². The van der Waals surface area contributed by atoms with Crippen molar-refractivity contribution in [2.24, 2.45) is 22.2 Å². The van der Waals surface area contributed by atoms with Gasteiger partial charge in [-0.25, -0.2) is 0 Å². The van der Waals surface area contributed by atoms with Gasteiger partial charge in [0.1, 0.15) is 5.75 Å². The maximum Gasteiger partial charge on any atom is 0.270 e. The fourth-order valence-corrected chi connectivity index (χ4v) is 5.51. The molecule has 2 N–H and O–H groups in total. The van der Waals surface area contributed by atoms with E-state index in [1.807, 2.05) is 20.8 Å². The highest BCUT2D eigenvalue weighted by atomic mass is 16.3. The van der Waals surface area contributed by atoms with Crippen molar-refractivity contribution in [2.75, 3.05) is 0 Å². The molecule has 1 aromatic rings. The lowest BCUT2D eigenvalue weighted by Gasteiger charge is -2.27. The number of benzene rings is 1. The van der Waals surface area contributed by atoms with E-state index >= 15 is 0 Å². The van der Waals surface area contributed by atoms with Crippen LogP contribution in [0.5, 0.6) is 5.75 Å². The molecular formula is C18H20N2O4. The summed E-state index contributed by atoms with van der Waals surface area (Å²) in [6.45, 7) is 5.92. The number of carbonyl (C=O) groups is 3. The second-order valence-corrected chi connectivity index (χ2v) is 7.89. The van der Waals surface area contributed by atoms with Gasteiger partial charge in [0, 0.05) is 5.56 Å². The van der Waals surface area contributed by atoms with Gasteiger partial charge in [-0.05, 0) is 55.4 Å². The molecule has 3 atom stereocenters. The highest BCUT2D eigenvalue weighted by Crippen LogP contribution is 2.85. The Kier molecular flexibility index (Phi) is 2.64. The van der Waals surface area contributed by atoms with Gasteiger partial charge in [0.15, 0.2) is 0 Å². The van der Waals surface area contributed by atoms with E-state index < -0.39 is 16.7 Å². The van der Waals surface area contributed by atoms with Crippen molar-refractivity contribution >= 4 is 17.7 Å². The lowest BCUT2D eigenvalue weighted by Crippen LogP contribution is -2.47. The maximum absolute atomic E-state index is 13.1. The van der Waals surface area contributed by atoms with Crippen LogP contribution in [0.4, 0.5) is 0 Å². The van der Waals surface area contributed by atoms with E-state index in [-0.39, 0.29) is 34.5 Å². The Morgan fingerprint density at radius 2 is 1.79 bits per heavy atom. The molecule has 0 radical (unpaired) electrons. The molecule has 3 fully saturated rings. The molecule has 4 rings (SSSR count). The number of hydrogen-bond donors (Lipinski definition) is 2. The molecule has 0 bridgehead atoms. The van der Waals surface area contributed by atoms with Crippen LogP contribution in [0.15, 0.2) is 24.3 Å². The molecule has 0 unspecified atom stereocenters. The summed E-state index contributed by atoms with van der Waals surface area (Å²) >= 11 is 0. The molecule has 1 aromatic carbocycles. The molecule has 1 heterocycles. The first kappa shape index (κ1) is 15.2. The van der Waals surface area contributed by atoms with Crippen molar-refractivity contribution in [2.45, 2.75) is 33.6 Å². The minimum absolute atomic E-state index is 0.0448. The topological polar surface area (TPSA) is 86.7 Å². The normalized spacial score (nSPS) is 35.6. The number of rotatable bonds is 2. The molecule has 0 aromatic heterocycles. The Morgan fingerprint density at radius 1 is 1.17 bits per heavy atom. The predicted octanol–water partition coefficient (Wildman–Crippen LogP) is 1.85. The third-order valence-electron chi connectivity index (χ3n) is 6.69. The Hall–Kier alpha value is -2.37. The summed E-state index contributed by atoms with van der Waals surface area (Å²) in [5.74, 6) is -0.889. The molecule has 1 aliphatic heterocycles. The van der Waals surface area contributed by atoms with Crippen LogP contribution in [0, 0.1) is 22.2 Å². The largest absolute Gasteiger partial charge is 0.508 e. The summed E-state index contributed by atoms with van der Waals surface area (Å²) in [7, 11) is 0. The number of carbonyl (C=O) groups excluding carboxylic acids is 3. The van der Waals surface area contributed by atoms with Gasteiger partial charge >= 0.3 is 0 Å². The molecule has 126 valence electrons. The molecule has 1 spiro atoms. The Bertz CT molecular complexity index is 785. The van der Waals surface area contributed by atoms with E-state index in [1.165, 1.54) is 24.3 Å². The smallest absolute Gasteiger partial charge is 0.270 e. The van der Waals surface area contributed by atoms with Crippen molar-refractivity contribution in [3.05, 3.63) is 29.8 Å². The SMILES string of the molecule is CC1(C)[C@@H]2CC[C@@]3(C)C(=O)N(NC(=O)c4ccc(O)cc4)C(=O)[C@]213. The Balaban J connectivity index is 1.64. The van der Waals surface area contributed by atoms with E-state index in [4.69, 9.17) is 0 Å². The van der Waals surface area contributed by atoms with Gasteiger partial charge in [-0.15, -0.1) is 0 Å². The minimum atomic E-state index is -0.736. The molecule has 2 saturated carbocycles. The Morgan fingerprint density at radius 3 is 2.33 bits per heavy atom. The van der Waals surface area contributed by atoms with Gasteiger partial charge in [-0.2, -0.15) is 5.01 Å². The fourth-order valence-electron chi connectivity index (χ4n) is 5.51. The summed E-state index contributed by atoms with van der Waals surface area (Å²) in [6.07, 6.45) is 1.55. The van der Waals surface area contributed by atoms with Crippen LogP contribution in [0.25, 0.3) is 0 Å². The highest BCUT2D eigenvalue weighted by Gasteiger charge is 2.90. The molecule has 3 amide bonds. The lowest BCUT2D eigenvalue weighted by molar-refractivity contribution is -0.144. The number of nitrogens with zero attached hydrogens (tertiary/aromatic N) is 1. The molecular weight excluding hydrogens is 308 g/mol. The number of aromatic hydroxyl groups is 1. The van der Waals surface area contributed by atoms with E-state index in [0.29, 0.717) is 6.42 Å². The van der Waals surface area contributed by atoms with Crippen LogP contribution in [-0.2, 0) is 9.59 Å². The fraction of sp³-hybridized carbons (Fsp3) is 0.500. The Labute approximate surface area is 139 Å². The highest BCUT2D eigenvalue weighted by molar-refractivity contribution is 6.14. The van der Waals surface area contributed by atoms with Crippen LogP contribution >= 0.6 is 0 Å². The van der Waals surface area contributed by atoms with Gasteiger partial charge in [0.05, 0.1) is 10.8 Å². The molecule has 6 heteroatoms. The number of hydrazine groups is 1. The van der Waals surface area contributed by atoms with Gasteiger partial charge < -0.3 is 5.11 Å². The minimum Gasteiger partial charge on any atom is -0.508 e. The van der Waals surface area contributed by atoms with E-state index in [9.17, 15) is 19.5 Å². The molecule has 2 aliphatic carbocycles.